The van der Waals surface area contributed by atoms with Gasteiger partial charge in [0, 0.05) is 6.92 Å². The lowest BCUT2D eigenvalue weighted by Gasteiger charge is -1.83. The molecule has 8 nitrogen and oxygen atoms in total. The number of aromatic amines is 3. The van der Waals surface area contributed by atoms with Crippen molar-refractivity contribution in [2.24, 2.45) is 5.73 Å². The van der Waals surface area contributed by atoms with E-state index in [1.807, 2.05) is 0 Å². The maximum absolute atomic E-state index is 10.9. The molecule has 80 valence electrons. The standard InChI is InChI=1S/C5H4N4O2.C2H5NO/c10-4-2-3(7-1-6-2)8-5(11)9-4;1-2(3)4/h1H,(H3,6,7,8,9,10,11);1H3,(H2,3,4). The molecule has 0 unspecified atom stereocenters. The number of hydrogen-bond acceptors (Lipinski definition) is 4. The van der Waals surface area contributed by atoms with Gasteiger partial charge in [0.05, 0.1) is 6.33 Å². The second-order valence-corrected chi connectivity index (χ2v) is 2.65. The Kier molecular flexibility index (Phi) is 3.01. The van der Waals surface area contributed by atoms with E-state index in [1.54, 1.807) is 0 Å². The lowest BCUT2D eigenvalue weighted by Crippen LogP contribution is -2.21. The summed E-state index contributed by atoms with van der Waals surface area (Å²) in [5.41, 5.74) is 4.03. The molecule has 2 heterocycles. The summed E-state index contributed by atoms with van der Waals surface area (Å²) < 4.78 is 0. The molecule has 0 atom stereocenters. The zero-order valence-corrected chi connectivity index (χ0v) is 7.83. The molecule has 0 aliphatic carbocycles. The van der Waals surface area contributed by atoms with Gasteiger partial charge in [0.25, 0.3) is 5.56 Å². The monoisotopic (exact) mass is 211 g/mol. The van der Waals surface area contributed by atoms with E-state index in [0.717, 1.165) is 0 Å². The number of fused-ring (bicyclic) bond motifs is 1. The van der Waals surface area contributed by atoms with Crippen LogP contribution in [0.2, 0.25) is 0 Å². The van der Waals surface area contributed by atoms with Crippen LogP contribution < -0.4 is 17.0 Å². The molecular weight excluding hydrogens is 202 g/mol. The number of H-pyrrole nitrogens is 3. The highest BCUT2D eigenvalue weighted by Crippen LogP contribution is 1.92. The molecule has 0 aliphatic rings. The average molecular weight is 211 g/mol. The Morgan fingerprint density at radius 1 is 1.40 bits per heavy atom. The minimum Gasteiger partial charge on any atom is -0.370 e. The molecule has 5 N–H and O–H groups in total. The number of rotatable bonds is 0. The predicted octanol–water partition coefficient (Wildman–Crippen LogP) is -1.57. The minimum atomic E-state index is -0.547. The molecule has 2 aromatic heterocycles. The SMILES string of the molecule is CC(N)=O.O=c1[nH]c(=O)c2[nH]cnc2[nH]1. The van der Waals surface area contributed by atoms with Gasteiger partial charge in [-0.15, -0.1) is 0 Å². The van der Waals surface area contributed by atoms with E-state index in [9.17, 15) is 14.4 Å². The van der Waals surface area contributed by atoms with Gasteiger partial charge in [0.2, 0.25) is 5.91 Å². The van der Waals surface area contributed by atoms with Crippen molar-refractivity contribution >= 4 is 17.1 Å². The molecule has 2 aromatic rings. The summed E-state index contributed by atoms with van der Waals surface area (Å²) in [5.74, 6) is -0.333. The van der Waals surface area contributed by atoms with Crippen LogP contribution in [0.5, 0.6) is 0 Å². The maximum atomic E-state index is 10.9. The lowest BCUT2D eigenvalue weighted by atomic mass is 10.5. The quantitative estimate of drug-likeness (QED) is 0.418. The molecule has 0 bridgehead atoms. The molecule has 1 amide bonds. The van der Waals surface area contributed by atoms with E-state index < -0.39 is 11.2 Å². The predicted molar refractivity (Wildman–Crippen MR) is 52.2 cm³/mol. The first-order valence-corrected chi connectivity index (χ1v) is 3.92. The fourth-order valence-corrected chi connectivity index (χ4v) is 0.867. The summed E-state index contributed by atoms with van der Waals surface area (Å²) in [4.78, 5) is 41.5. The summed E-state index contributed by atoms with van der Waals surface area (Å²) in [6.45, 7) is 1.31. The summed E-state index contributed by atoms with van der Waals surface area (Å²) in [6, 6.07) is 0. The number of nitrogens with two attached hydrogens (primary N) is 1. The van der Waals surface area contributed by atoms with Crippen LogP contribution in [0, 0.1) is 0 Å². The van der Waals surface area contributed by atoms with Gasteiger partial charge in [-0.05, 0) is 0 Å². The van der Waals surface area contributed by atoms with Crippen molar-refractivity contribution in [2.45, 2.75) is 6.92 Å². The molecule has 0 spiro atoms. The molecule has 0 saturated carbocycles. The van der Waals surface area contributed by atoms with Crippen molar-refractivity contribution in [1.29, 1.82) is 0 Å². The Hall–Kier alpha value is -2.38. The number of amides is 1. The zero-order chi connectivity index (χ0) is 11.4. The third-order valence-corrected chi connectivity index (χ3v) is 1.33. The molecule has 0 saturated heterocycles. The number of nitrogens with one attached hydrogen (secondary N) is 3. The third-order valence-electron chi connectivity index (χ3n) is 1.33. The van der Waals surface area contributed by atoms with Crippen LogP contribution in [0.1, 0.15) is 6.92 Å². The Balaban J connectivity index is 0.000000245. The van der Waals surface area contributed by atoms with Crippen LogP contribution in [0.25, 0.3) is 11.2 Å². The minimum absolute atomic E-state index is 0.277. The fourth-order valence-electron chi connectivity index (χ4n) is 0.867. The van der Waals surface area contributed by atoms with E-state index in [0.29, 0.717) is 0 Å². The van der Waals surface area contributed by atoms with Gasteiger partial charge >= 0.3 is 5.69 Å². The van der Waals surface area contributed by atoms with Crippen LogP contribution in [0.15, 0.2) is 15.9 Å². The van der Waals surface area contributed by atoms with Crippen LogP contribution in [-0.4, -0.2) is 25.8 Å². The molecule has 0 radical (unpaired) electrons. The van der Waals surface area contributed by atoms with Crippen molar-refractivity contribution in [2.75, 3.05) is 0 Å². The second kappa shape index (κ2) is 4.22. The van der Waals surface area contributed by atoms with Crippen LogP contribution >= 0.6 is 0 Å². The molecular formula is C7H9N5O3. The van der Waals surface area contributed by atoms with Crippen molar-refractivity contribution < 1.29 is 4.79 Å². The van der Waals surface area contributed by atoms with Crippen LogP contribution in [0.4, 0.5) is 0 Å². The number of imidazole rings is 1. The number of carbonyl (C=O) groups is 1. The molecule has 0 aliphatic heterocycles. The normalized spacial score (nSPS) is 9.40. The summed E-state index contributed by atoms with van der Waals surface area (Å²) in [5, 5.41) is 0. The van der Waals surface area contributed by atoms with E-state index in [1.165, 1.54) is 13.3 Å². The summed E-state index contributed by atoms with van der Waals surface area (Å²) >= 11 is 0. The number of hydrogen-bond donors (Lipinski definition) is 4. The Bertz CT molecular complexity index is 574. The van der Waals surface area contributed by atoms with Gasteiger partial charge < -0.3 is 10.7 Å². The fraction of sp³-hybridized carbons (Fsp3) is 0.143. The largest absolute Gasteiger partial charge is 0.370 e. The maximum Gasteiger partial charge on any atom is 0.327 e. The molecule has 2 rings (SSSR count). The first-order chi connectivity index (χ1) is 7.00. The van der Waals surface area contributed by atoms with Gasteiger partial charge in [-0.1, -0.05) is 0 Å². The van der Waals surface area contributed by atoms with Gasteiger partial charge in [0.1, 0.15) is 5.52 Å². The average Bonchev–Trinajstić information content (AvgIpc) is 2.50. The van der Waals surface area contributed by atoms with Gasteiger partial charge in [-0.3, -0.25) is 19.6 Å². The van der Waals surface area contributed by atoms with Crippen molar-refractivity contribution in [3.05, 3.63) is 27.2 Å². The summed E-state index contributed by atoms with van der Waals surface area (Å²) in [7, 11) is 0. The highest BCUT2D eigenvalue weighted by atomic mass is 16.2. The van der Waals surface area contributed by atoms with Crippen molar-refractivity contribution in [3.63, 3.8) is 0 Å². The Morgan fingerprint density at radius 2 is 2.00 bits per heavy atom. The highest BCUT2D eigenvalue weighted by molar-refractivity contribution is 5.70. The van der Waals surface area contributed by atoms with Crippen molar-refractivity contribution in [1.82, 2.24) is 19.9 Å². The van der Waals surface area contributed by atoms with Crippen LogP contribution in [0.3, 0.4) is 0 Å². The first kappa shape index (κ1) is 10.7. The first-order valence-electron chi connectivity index (χ1n) is 3.92. The lowest BCUT2D eigenvalue weighted by molar-refractivity contribution is -0.115. The Labute approximate surface area is 82.5 Å². The van der Waals surface area contributed by atoms with Gasteiger partial charge in [-0.2, -0.15) is 0 Å². The number of primary amides is 1. The number of carbonyl (C=O) groups excluding carboxylic acids is 1. The number of nitrogens with zero attached hydrogens (tertiary/aromatic N) is 1. The van der Waals surface area contributed by atoms with Gasteiger partial charge in [-0.25, -0.2) is 9.78 Å². The van der Waals surface area contributed by atoms with E-state index in [-0.39, 0.29) is 17.1 Å². The zero-order valence-electron chi connectivity index (χ0n) is 7.83. The highest BCUT2D eigenvalue weighted by Gasteiger charge is 1.99. The third kappa shape index (κ3) is 2.79. The van der Waals surface area contributed by atoms with Gasteiger partial charge in [0.15, 0.2) is 5.65 Å². The molecule has 0 aromatic carbocycles. The smallest absolute Gasteiger partial charge is 0.327 e. The molecule has 0 fully saturated rings. The van der Waals surface area contributed by atoms with E-state index >= 15 is 0 Å². The second-order valence-electron chi connectivity index (χ2n) is 2.65. The topological polar surface area (TPSA) is 137 Å². The van der Waals surface area contributed by atoms with Crippen LogP contribution in [-0.2, 0) is 4.79 Å². The van der Waals surface area contributed by atoms with E-state index in [4.69, 9.17) is 0 Å². The molecule has 8 heteroatoms. The Morgan fingerprint density at radius 3 is 2.60 bits per heavy atom. The van der Waals surface area contributed by atoms with Crippen molar-refractivity contribution in [3.8, 4) is 0 Å². The summed E-state index contributed by atoms with van der Waals surface area (Å²) in [6.07, 6.45) is 1.34. The number of aromatic nitrogens is 4. The van der Waals surface area contributed by atoms with E-state index in [2.05, 4.69) is 25.7 Å². The molecule has 15 heavy (non-hydrogen) atoms.